The molecule has 0 saturated carbocycles. The number of benzene rings is 2. The van der Waals surface area contributed by atoms with Gasteiger partial charge in [0.05, 0.1) is 19.1 Å². The number of ether oxygens (including phenoxy) is 1. The fourth-order valence-electron chi connectivity index (χ4n) is 3.06. The van der Waals surface area contributed by atoms with Crippen LogP contribution in [0.5, 0.6) is 5.75 Å². The molecule has 118 valence electrons. The standard InChI is InChI=1S/C18H17NO4/c1-23-14-9-5-6-12(10-14)17-15(18(21)22)11-16(20)19(17)13-7-3-2-4-8-13/h2-10,15,17H,11H2,1H3,(H,21,22). The van der Waals surface area contributed by atoms with Gasteiger partial charge in [0.1, 0.15) is 5.75 Å². The smallest absolute Gasteiger partial charge is 0.309 e. The normalized spacial score (nSPS) is 20.6. The van der Waals surface area contributed by atoms with Crippen molar-refractivity contribution in [2.75, 3.05) is 12.0 Å². The Morgan fingerprint density at radius 3 is 2.57 bits per heavy atom. The number of para-hydroxylation sites is 1. The molecule has 0 bridgehead atoms. The van der Waals surface area contributed by atoms with Gasteiger partial charge in [-0.2, -0.15) is 0 Å². The van der Waals surface area contributed by atoms with Gasteiger partial charge in [0.15, 0.2) is 0 Å². The van der Waals surface area contributed by atoms with E-state index < -0.39 is 17.9 Å². The number of rotatable bonds is 4. The highest BCUT2D eigenvalue weighted by Gasteiger charge is 2.45. The third-order valence-electron chi connectivity index (χ3n) is 4.11. The third-order valence-corrected chi connectivity index (χ3v) is 4.11. The predicted octanol–water partition coefficient (Wildman–Crippen LogP) is 2.87. The lowest BCUT2D eigenvalue weighted by molar-refractivity contribution is -0.142. The van der Waals surface area contributed by atoms with Gasteiger partial charge >= 0.3 is 5.97 Å². The van der Waals surface area contributed by atoms with Gasteiger partial charge in [-0.1, -0.05) is 30.3 Å². The number of hydrogen-bond donors (Lipinski definition) is 1. The Hall–Kier alpha value is -2.82. The van der Waals surface area contributed by atoms with Crippen LogP contribution in [0.15, 0.2) is 54.6 Å². The number of nitrogens with zero attached hydrogens (tertiary/aromatic N) is 1. The van der Waals surface area contributed by atoms with E-state index in [1.165, 1.54) is 0 Å². The first-order valence-electron chi connectivity index (χ1n) is 7.35. The Morgan fingerprint density at radius 1 is 1.17 bits per heavy atom. The van der Waals surface area contributed by atoms with E-state index in [0.29, 0.717) is 11.4 Å². The molecule has 2 aromatic rings. The molecule has 2 atom stereocenters. The Morgan fingerprint density at radius 2 is 1.91 bits per heavy atom. The SMILES string of the molecule is COc1cccc(C2C(C(=O)O)CC(=O)N2c2ccccc2)c1. The zero-order valence-corrected chi connectivity index (χ0v) is 12.7. The molecule has 5 nitrogen and oxygen atoms in total. The number of carboxylic acid groups (broad SMARTS) is 1. The van der Waals surface area contributed by atoms with Crippen LogP contribution in [-0.2, 0) is 9.59 Å². The van der Waals surface area contributed by atoms with Gasteiger partial charge in [0.2, 0.25) is 5.91 Å². The number of amides is 1. The summed E-state index contributed by atoms with van der Waals surface area (Å²) in [7, 11) is 1.56. The Labute approximate surface area is 134 Å². The summed E-state index contributed by atoms with van der Waals surface area (Å²) >= 11 is 0. The maximum absolute atomic E-state index is 12.5. The number of anilines is 1. The van der Waals surface area contributed by atoms with Gasteiger partial charge < -0.3 is 14.7 Å². The van der Waals surface area contributed by atoms with Crippen LogP contribution < -0.4 is 9.64 Å². The Balaban J connectivity index is 2.09. The van der Waals surface area contributed by atoms with Gasteiger partial charge in [-0.25, -0.2) is 0 Å². The molecule has 3 rings (SSSR count). The van der Waals surface area contributed by atoms with Crippen LogP contribution in [-0.4, -0.2) is 24.1 Å². The highest BCUT2D eigenvalue weighted by Crippen LogP contribution is 2.42. The summed E-state index contributed by atoms with van der Waals surface area (Å²) in [6.07, 6.45) is -0.00783. The lowest BCUT2D eigenvalue weighted by atomic mass is 9.93. The van der Waals surface area contributed by atoms with Crippen LogP contribution in [0.2, 0.25) is 0 Å². The molecule has 0 aliphatic carbocycles. The second-order valence-corrected chi connectivity index (χ2v) is 5.47. The summed E-state index contributed by atoms with van der Waals surface area (Å²) in [4.78, 5) is 25.7. The molecule has 0 spiro atoms. The van der Waals surface area contributed by atoms with E-state index in [1.807, 2.05) is 36.4 Å². The van der Waals surface area contributed by atoms with Crippen LogP contribution >= 0.6 is 0 Å². The monoisotopic (exact) mass is 311 g/mol. The molecular weight excluding hydrogens is 294 g/mol. The van der Waals surface area contributed by atoms with Gasteiger partial charge in [0, 0.05) is 12.1 Å². The molecule has 1 aliphatic heterocycles. The first-order valence-corrected chi connectivity index (χ1v) is 7.35. The second kappa shape index (κ2) is 6.12. The first kappa shape index (κ1) is 15.1. The molecule has 0 radical (unpaired) electrons. The van der Waals surface area contributed by atoms with Crippen molar-refractivity contribution in [1.82, 2.24) is 0 Å². The molecule has 1 saturated heterocycles. The molecule has 5 heteroatoms. The van der Waals surface area contributed by atoms with Crippen LogP contribution in [0.1, 0.15) is 18.0 Å². The van der Waals surface area contributed by atoms with Gasteiger partial charge in [-0.3, -0.25) is 9.59 Å². The molecule has 2 aromatic carbocycles. The summed E-state index contributed by atoms with van der Waals surface area (Å²) in [6, 6.07) is 15.8. The number of aliphatic carboxylic acids is 1. The largest absolute Gasteiger partial charge is 0.497 e. The minimum Gasteiger partial charge on any atom is -0.497 e. The van der Waals surface area contributed by atoms with Crippen molar-refractivity contribution in [1.29, 1.82) is 0 Å². The zero-order chi connectivity index (χ0) is 16.4. The molecule has 1 amide bonds. The number of carbonyl (C=O) groups excluding carboxylic acids is 1. The van der Waals surface area contributed by atoms with Gasteiger partial charge in [-0.15, -0.1) is 0 Å². The van der Waals surface area contributed by atoms with Crippen molar-refractivity contribution in [3.05, 3.63) is 60.2 Å². The van der Waals surface area contributed by atoms with Gasteiger partial charge in [0.25, 0.3) is 0 Å². The van der Waals surface area contributed by atoms with Crippen molar-refractivity contribution in [2.24, 2.45) is 5.92 Å². The average Bonchev–Trinajstić information content (AvgIpc) is 2.93. The zero-order valence-electron chi connectivity index (χ0n) is 12.7. The van der Waals surface area contributed by atoms with Crippen molar-refractivity contribution < 1.29 is 19.4 Å². The highest BCUT2D eigenvalue weighted by molar-refractivity contribution is 6.00. The lowest BCUT2D eigenvalue weighted by Crippen LogP contribution is -2.30. The quantitative estimate of drug-likeness (QED) is 0.943. The molecule has 1 N–H and O–H groups in total. The topological polar surface area (TPSA) is 66.8 Å². The lowest BCUT2D eigenvalue weighted by Gasteiger charge is -2.27. The molecule has 2 unspecified atom stereocenters. The highest BCUT2D eigenvalue weighted by atomic mass is 16.5. The van der Waals surface area contributed by atoms with E-state index in [0.717, 1.165) is 5.56 Å². The first-order chi connectivity index (χ1) is 11.1. The van der Waals surface area contributed by atoms with Crippen LogP contribution in [0.25, 0.3) is 0 Å². The maximum atomic E-state index is 12.5. The predicted molar refractivity (Wildman–Crippen MR) is 85.4 cm³/mol. The van der Waals surface area contributed by atoms with Crippen LogP contribution in [0, 0.1) is 5.92 Å². The molecule has 23 heavy (non-hydrogen) atoms. The number of methoxy groups -OCH3 is 1. The second-order valence-electron chi connectivity index (χ2n) is 5.47. The van der Waals surface area contributed by atoms with Crippen LogP contribution in [0.4, 0.5) is 5.69 Å². The number of hydrogen-bond acceptors (Lipinski definition) is 3. The summed E-state index contributed by atoms with van der Waals surface area (Å²) in [5.41, 5.74) is 1.46. The molecule has 1 aliphatic rings. The summed E-state index contributed by atoms with van der Waals surface area (Å²) in [5.74, 6) is -1.30. The van der Waals surface area contributed by atoms with E-state index in [-0.39, 0.29) is 12.3 Å². The third kappa shape index (κ3) is 2.77. The molecule has 1 fully saturated rings. The summed E-state index contributed by atoms with van der Waals surface area (Å²) in [6.45, 7) is 0. The van der Waals surface area contributed by atoms with E-state index >= 15 is 0 Å². The Kier molecular flexibility index (Phi) is 4.02. The van der Waals surface area contributed by atoms with E-state index in [1.54, 1.807) is 30.2 Å². The fourth-order valence-corrected chi connectivity index (χ4v) is 3.06. The maximum Gasteiger partial charge on any atom is 0.309 e. The van der Waals surface area contributed by atoms with E-state index in [2.05, 4.69) is 0 Å². The fraction of sp³-hybridized carbons (Fsp3) is 0.222. The summed E-state index contributed by atoms with van der Waals surface area (Å²) < 4.78 is 5.23. The van der Waals surface area contributed by atoms with Crippen molar-refractivity contribution in [2.45, 2.75) is 12.5 Å². The molecular formula is C18H17NO4. The minimum atomic E-state index is -0.968. The van der Waals surface area contributed by atoms with E-state index in [9.17, 15) is 14.7 Å². The van der Waals surface area contributed by atoms with Crippen molar-refractivity contribution in [3.63, 3.8) is 0 Å². The molecule has 0 aromatic heterocycles. The molecule has 1 heterocycles. The number of carbonyl (C=O) groups is 2. The van der Waals surface area contributed by atoms with Crippen molar-refractivity contribution in [3.8, 4) is 5.75 Å². The summed E-state index contributed by atoms with van der Waals surface area (Å²) in [5, 5.41) is 9.54. The number of carboxylic acids is 1. The van der Waals surface area contributed by atoms with Crippen molar-refractivity contribution >= 4 is 17.6 Å². The van der Waals surface area contributed by atoms with E-state index in [4.69, 9.17) is 4.74 Å². The average molecular weight is 311 g/mol. The minimum absolute atomic E-state index is 0.00783. The Bertz CT molecular complexity index is 729. The van der Waals surface area contributed by atoms with Gasteiger partial charge in [-0.05, 0) is 29.8 Å². The van der Waals surface area contributed by atoms with Crippen LogP contribution in [0.3, 0.4) is 0 Å².